The van der Waals surface area contributed by atoms with Gasteiger partial charge in [0.1, 0.15) is 0 Å². The van der Waals surface area contributed by atoms with Gasteiger partial charge in [0.25, 0.3) is 0 Å². The smallest absolute Gasteiger partial charge is 0.191 e. The van der Waals surface area contributed by atoms with Crippen LogP contribution in [0.2, 0.25) is 0 Å². The lowest BCUT2D eigenvalue weighted by molar-refractivity contribution is 0.129. The van der Waals surface area contributed by atoms with E-state index >= 15 is 0 Å². The van der Waals surface area contributed by atoms with Crippen molar-refractivity contribution in [1.82, 2.24) is 4.90 Å². The molecule has 1 aliphatic rings. The van der Waals surface area contributed by atoms with Crippen LogP contribution in [0.25, 0.3) is 0 Å². The number of aliphatic imine (C=N–C) groups is 1. The van der Waals surface area contributed by atoms with Crippen molar-refractivity contribution >= 4 is 5.96 Å². The van der Waals surface area contributed by atoms with Gasteiger partial charge in [-0.2, -0.15) is 0 Å². The van der Waals surface area contributed by atoms with E-state index in [4.69, 9.17) is 10.5 Å². The Morgan fingerprint density at radius 3 is 2.45 bits per heavy atom. The lowest BCUT2D eigenvalue weighted by Crippen LogP contribution is -2.35. The molecule has 1 saturated carbocycles. The summed E-state index contributed by atoms with van der Waals surface area (Å²) < 4.78 is 5.62. The van der Waals surface area contributed by atoms with E-state index in [-0.39, 0.29) is 0 Å². The lowest BCUT2D eigenvalue weighted by Gasteiger charge is -2.16. The fourth-order valence-corrected chi connectivity index (χ4v) is 2.21. The van der Waals surface area contributed by atoms with Crippen LogP contribution >= 0.6 is 0 Å². The molecule has 4 heteroatoms. The van der Waals surface area contributed by atoms with Crippen molar-refractivity contribution in [3.8, 4) is 0 Å². The predicted molar refractivity (Wildman–Crippen MR) is 86.1 cm³/mol. The van der Waals surface area contributed by atoms with Gasteiger partial charge in [0, 0.05) is 32.8 Å². The molecule has 1 fully saturated rings. The number of hydrogen-bond donors (Lipinski definition) is 1. The first-order chi connectivity index (χ1) is 9.75. The molecule has 0 bridgehead atoms. The minimum atomic E-state index is 0.641. The zero-order chi connectivity index (χ0) is 14.6. The molecule has 0 aromatic carbocycles. The molecule has 0 amide bonds. The second-order valence-electron chi connectivity index (χ2n) is 5.82. The second-order valence-corrected chi connectivity index (χ2v) is 5.82. The number of unbranched alkanes of at least 4 members (excludes halogenated alkanes) is 5. The highest BCUT2D eigenvalue weighted by Gasteiger charge is 2.27. The van der Waals surface area contributed by atoms with Crippen LogP contribution in [0.5, 0.6) is 0 Å². The van der Waals surface area contributed by atoms with Crippen LogP contribution in [0.4, 0.5) is 0 Å². The molecule has 0 aromatic heterocycles. The van der Waals surface area contributed by atoms with E-state index in [1.54, 1.807) is 0 Å². The molecule has 0 aromatic rings. The average Bonchev–Trinajstić information content (AvgIpc) is 3.28. The van der Waals surface area contributed by atoms with Crippen molar-refractivity contribution in [1.29, 1.82) is 0 Å². The normalized spacial score (nSPS) is 15.6. The van der Waals surface area contributed by atoms with Gasteiger partial charge in [0.2, 0.25) is 0 Å². The zero-order valence-corrected chi connectivity index (χ0v) is 13.4. The molecular weight excluding hydrogens is 250 g/mol. The highest BCUT2D eigenvalue weighted by molar-refractivity contribution is 5.78. The van der Waals surface area contributed by atoms with Crippen LogP contribution in [0.15, 0.2) is 4.99 Å². The van der Waals surface area contributed by atoms with Gasteiger partial charge in [0.15, 0.2) is 5.96 Å². The van der Waals surface area contributed by atoms with Crippen LogP contribution in [0.1, 0.15) is 64.7 Å². The number of hydrogen-bond acceptors (Lipinski definition) is 2. The summed E-state index contributed by atoms with van der Waals surface area (Å²) in [6, 6.07) is 0.641. The molecule has 1 aliphatic carbocycles. The maximum Gasteiger partial charge on any atom is 0.191 e. The molecule has 0 atom stereocenters. The van der Waals surface area contributed by atoms with E-state index in [0.717, 1.165) is 26.2 Å². The van der Waals surface area contributed by atoms with Gasteiger partial charge < -0.3 is 15.4 Å². The topological polar surface area (TPSA) is 50.9 Å². The Labute approximate surface area is 124 Å². The van der Waals surface area contributed by atoms with Crippen LogP contribution < -0.4 is 5.73 Å². The molecule has 20 heavy (non-hydrogen) atoms. The van der Waals surface area contributed by atoms with Gasteiger partial charge in [-0.25, -0.2) is 0 Å². The summed E-state index contributed by atoms with van der Waals surface area (Å²) >= 11 is 0. The van der Waals surface area contributed by atoms with Crippen molar-refractivity contribution in [2.75, 3.05) is 26.8 Å². The SMILES string of the molecule is CCCCCCCCOCCCN=C(N)N(C)C1CC1. The number of ether oxygens (including phenoxy) is 1. The highest BCUT2D eigenvalue weighted by atomic mass is 16.5. The van der Waals surface area contributed by atoms with E-state index < -0.39 is 0 Å². The van der Waals surface area contributed by atoms with E-state index in [1.165, 1.54) is 51.4 Å². The minimum Gasteiger partial charge on any atom is -0.381 e. The first kappa shape index (κ1) is 17.3. The summed E-state index contributed by atoms with van der Waals surface area (Å²) in [6.45, 7) is 4.73. The molecule has 0 unspecified atom stereocenters. The van der Waals surface area contributed by atoms with E-state index in [2.05, 4.69) is 16.8 Å². The fourth-order valence-electron chi connectivity index (χ4n) is 2.21. The van der Waals surface area contributed by atoms with Gasteiger partial charge in [-0.1, -0.05) is 39.0 Å². The molecular formula is C16H33N3O. The van der Waals surface area contributed by atoms with Gasteiger partial charge in [0.05, 0.1) is 0 Å². The molecule has 0 saturated heterocycles. The van der Waals surface area contributed by atoms with Gasteiger partial charge >= 0.3 is 0 Å². The molecule has 1 rings (SSSR count). The second kappa shape index (κ2) is 11.0. The Kier molecular flexibility index (Phi) is 9.46. The molecule has 0 heterocycles. The van der Waals surface area contributed by atoms with Crippen molar-refractivity contribution in [3.05, 3.63) is 0 Å². The van der Waals surface area contributed by atoms with Crippen LogP contribution in [-0.2, 0) is 4.74 Å². The van der Waals surface area contributed by atoms with Crippen molar-refractivity contribution in [2.24, 2.45) is 10.7 Å². The third kappa shape index (κ3) is 8.41. The molecule has 0 aliphatic heterocycles. The predicted octanol–water partition coefficient (Wildman–Crippen LogP) is 3.16. The van der Waals surface area contributed by atoms with Crippen LogP contribution in [-0.4, -0.2) is 43.7 Å². The molecule has 0 radical (unpaired) electrons. The third-order valence-electron chi connectivity index (χ3n) is 3.82. The quantitative estimate of drug-likeness (QED) is 0.340. The van der Waals surface area contributed by atoms with Crippen LogP contribution in [0.3, 0.4) is 0 Å². The lowest BCUT2D eigenvalue weighted by atomic mass is 10.1. The largest absolute Gasteiger partial charge is 0.381 e. The molecule has 0 spiro atoms. The van der Waals surface area contributed by atoms with Crippen LogP contribution in [0, 0.1) is 0 Å². The Morgan fingerprint density at radius 2 is 1.75 bits per heavy atom. The summed E-state index contributed by atoms with van der Waals surface area (Å²) in [7, 11) is 2.03. The van der Waals surface area contributed by atoms with Gasteiger partial charge in [-0.15, -0.1) is 0 Å². The van der Waals surface area contributed by atoms with Gasteiger partial charge in [-0.3, -0.25) is 4.99 Å². The Balaban J connectivity index is 1.83. The number of rotatable bonds is 12. The number of nitrogens with zero attached hydrogens (tertiary/aromatic N) is 2. The summed E-state index contributed by atoms with van der Waals surface area (Å²) in [5, 5.41) is 0. The monoisotopic (exact) mass is 283 g/mol. The first-order valence-corrected chi connectivity index (χ1v) is 8.36. The van der Waals surface area contributed by atoms with E-state index in [1.807, 2.05) is 7.05 Å². The third-order valence-corrected chi connectivity index (χ3v) is 3.82. The first-order valence-electron chi connectivity index (χ1n) is 8.36. The molecule has 118 valence electrons. The fraction of sp³-hybridized carbons (Fsp3) is 0.938. The summed E-state index contributed by atoms with van der Waals surface area (Å²) in [6.07, 6.45) is 11.4. The van der Waals surface area contributed by atoms with Crippen molar-refractivity contribution < 1.29 is 4.74 Å². The molecule has 4 nitrogen and oxygen atoms in total. The maximum atomic E-state index is 5.91. The van der Waals surface area contributed by atoms with Crippen molar-refractivity contribution in [3.63, 3.8) is 0 Å². The highest BCUT2D eigenvalue weighted by Crippen LogP contribution is 2.24. The zero-order valence-electron chi connectivity index (χ0n) is 13.4. The number of guanidine groups is 1. The van der Waals surface area contributed by atoms with E-state index in [9.17, 15) is 0 Å². The number of nitrogens with two attached hydrogens (primary N) is 1. The summed E-state index contributed by atoms with van der Waals surface area (Å²) in [4.78, 5) is 6.49. The van der Waals surface area contributed by atoms with Crippen molar-refractivity contribution in [2.45, 2.75) is 70.8 Å². The van der Waals surface area contributed by atoms with Gasteiger partial charge in [-0.05, 0) is 25.7 Å². The standard InChI is InChI=1S/C16H33N3O/c1-3-4-5-6-7-8-13-20-14-9-12-18-16(17)19(2)15-10-11-15/h15H,3-14H2,1-2H3,(H2,17,18). The van der Waals surface area contributed by atoms with E-state index in [0.29, 0.717) is 12.0 Å². The maximum absolute atomic E-state index is 5.91. The Morgan fingerprint density at radius 1 is 1.10 bits per heavy atom. The molecule has 2 N–H and O–H groups in total. The minimum absolute atomic E-state index is 0.641. The Hall–Kier alpha value is -0.770. The Bertz CT molecular complexity index is 264. The summed E-state index contributed by atoms with van der Waals surface area (Å²) in [5.41, 5.74) is 5.91. The summed E-state index contributed by atoms with van der Waals surface area (Å²) in [5.74, 6) is 0.684. The average molecular weight is 283 g/mol.